The van der Waals surface area contributed by atoms with E-state index >= 15 is 0 Å². The van der Waals surface area contributed by atoms with Crippen molar-refractivity contribution in [1.82, 2.24) is 9.55 Å². The van der Waals surface area contributed by atoms with Crippen molar-refractivity contribution in [2.45, 2.75) is 19.4 Å². The summed E-state index contributed by atoms with van der Waals surface area (Å²) >= 11 is 2.07. The van der Waals surface area contributed by atoms with Gasteiger partial charge in [0.05, 0.1) is 10.9 Å². The molecule has 8 heteroatoms. The van der Waals surface area contributed by atoms with E-state index in [4.69, 9.17) is 0 Å². The average Bonchev–Trinajstić information content (AvgIpc) is 2.58. The summed E-state index contributed by atoms with van der Waals surface area (Å²) in [6.45, 7) is -0.384. The minimum atomic E-state index is -1.09. The van der Waals surface area contributed by atoms with E-state index in [2.05, 4.69) is 27.6 Å². The second kappa shape index (κ2) is 7.48. The van der Waals surface area contributed by atoms with Gasteiger partial charge in [0.2, 0.25) is 0 Å². The highest BCUT2D eigenvalue weighted by atomic mass is 127. The van der Waals surface area contributed by atoms with Gasteiger partial charge in [-0.25, -0.2) is 8.78 Å². The Balaban J connectivity index is 2.08. The maximum absolute atomic E-state index is 13.8. The summed E-state index contributed by atoms with van der Waals surface area (Å²) in [5.41, 5.74) is 0.116. The maximum Gasteiger partial charge on any atom is 0.323 e. The first-order valence-electron chi connectivity index (χ1n) is 7.70. The van der Waals surface area contributed by atoms with Crippen molar-refractivity contribution in [3.63, 3.8) is 0 Å². The van der Waals surface area contributed by atoms with E-state index in [0.717, 1.165) is 9.64 Å². The number of carbonyl (C=O) groups is 1. The van der Waals surface area contributed by atoms with Crippen molar-refractivity contribution in [3.05, 3.63) is 73.3 Å². The Morgan fingerprint density at radius 3 is 2.69 bits per heavy atom. The average molecular weight is 470 g/mol. The van der Waals surface area contributed by atoms with Crippen LogP contribution in [0.5, 0.6) is 0 Å². The Hall–Kier alpha value is -2.36. The predicted molar refractivity (Wildman–Crippen MR) is 100 cm³/mol. The third-order valence-corrected chi connectivity index (χ3v) is 4.64. The molecule has 0 unspecified atom stereocenters. The van der Waals surface area contributed by atoms with Crippen LogP contribution in [0.4, 0.5) is 8.78 Å². The molecule has 134 valence electrons. The van der Waals surface area contributed by atoms with Crippen LogP contribution in [0, 0.1) is 15.2 Å². The van der Waals surface area contributed by atoms with Crippen molar-refractivity contribution >= 4 is 39.5 Å². The summed E-state index contributed by atoms with van der Waals surface area (Å²) in [5, 5.41) is 9.53. The fourth-order valence-corrected chi connectivity index (χ4v) is 3.25. The predicted octanol–water partition coefficient (Wildman–Crippen LogP) is 3.15. The van der Waals surface area contributed by atoms with Gasteiger partial charge in [0, 0.05) is 9.99 Å². The molecule has 0 radical (unpaired) electrons. The number of hydrogen-bond donors (Lipinski definition) is 1. The SMILES string of the molecule is O=C(O)Cn1c(CCc2cccc(F)c2F)nc(=O)c2ccc(I)cc21. The molecule has 0 aliphatic rings. The Morgan fingerprint density at radius 2 is 1.96 bits per heavy atom. The van der Waals surface area contributed by atoms with Gasteiger partial charge in [0.25, 0.3) is 5.56 Å². The first kappa shape index (κ1) is 18.4. The molecule has 0 saturated heterocycles. The lowest BCUT2D eigenvalue weighted by atomic mass is 10.1. The normalized spacial score (nSPS) is 11.0. The zero-order valence-corrected chi connectivity index (χ0v) is 15.5. The molecule has 0 spiro atoms. The van der Waals surface area contributed by atoms with Crippen LogP contribution in [0.15, 0.2) is 41.2 Å². The minimum absolute atomic E-state index is 0.0884. The molecule has 2 aromatic carbocycles. The number of carboxylic acid groups (broad SMARTS) is 1. The van der Waals surface area contributed by atoms with Crippen LogP contribution < -0.4 is 5.56 Å². The molecule has 0 amide bonds. The largest absolute Gasteiger partial charge is 0.480 e. The van der Waals surface area contributed by atoms with Crippen LogP contribution in [0.2, 0.25) is 0 Å². The van der Waals surface area contributed by atoms with Crippen LogP contribution in [0.3, 0.4) is 0 Å². The number of aliphatic carboxylic acids is 1. The molecule has 1 aromatic heterocycles. The highest BCUT2D eigenvalue weighted by Crippen LogP contribution is 2.18. The molecule has 0 aliphatic heterocycles. The molecule has 26 heavy (non-hydrogen) atoms. The molecule has 1 heterocycles. The zero-order chi connectivity index (χ0) is 18.8. The van der Waals surface area contributed by atoms with E-state index in [-0.39, 0.29) is 30.8 Å². The molecule has 3 rings (SSSR count). The molecular formula is C18H13F2IN2O3. The van der Waals surface area contributed by atoms with Crippen LogP contribution in [0.1, 0.15) is 11.4 Å². The fraction of sp³-hybridized carbons (Fsp3) is 0.167. The van der Waals surface area contributed by atoms with Crippen molar-refractivity contribution in [1.29, 1.82) is 0 Å². The van der Waals surface area contributed by atoms with Gasteiger partial charge in [-0.1, -0.05) is 12.1 Å². The third-order valence-electron chi connectivity index (χ3n) is 3.97. The van der Waals surface area contributed by atoms with E-state index < -0.39 is 23.2 Å². The first-order valence-corrected chi connectivity index (χ1v) is 8.78. The number of halogens is 3. The third kappa shape index (κ3) is 3.74. The van der Waals surface area contributed by atoms with E-state index in [1.54, 1.807) is 18.2 Å². The van der Waals surface area contributed by atoms with Gasteiger partial charge in [0.15, 0.2) is 11.6 Å². The van der Waals surface area contributed by atoms with Gasteiger partial charge in [-0.05, 0) is 58.8 Å². The van der Waals surface area contributed by atoms with Gasteiger partial charge in [-0.3, -0.25) is 9.59 Å². The summed E-state index contributed by atoms with van der Waals surface area (Å²) in [6.07, 6.45) is 0.190. The Labute approximate surface area is 160 Å². The summed E-state index contributed by atoms with van der Waals surface area (Å²) < 4.78 is 29.5. The lowest BCUT2D eigenvalue weighted by molar-refractivity contribution is -0.137. The highest BCUT2D eigenvalue weighted by molar-refractivity contribution is 14.1. The Kier molecular flexibility index (Phi) is 5.30. The second-order valence-corrected chi connectivity index (χ2v) is 6.93. The van der Waals surface area contributed by atoms with E-state index in [1.165, 1.54) is 16.7 Å². The summed E-state index contributed by atoms with van der Waals surface area (Å²) in [6, 6.07) is 8.90. The Morgan fingerprint density at radius 1 is 1.19 bits per heavy atom. The summed E-state index contributed by atoms with van der Waals surface area (Å²) in [7, 11) is 0. The topological polar surface area (TPSA) is 72.2 Å². The van der Waals surface area contributed by atoms with Gasteiger partial charge >= 0.3 is 5.97 Å². The van der Waals surface area contributed by atoms with Gasteiger partial charge < -0.3 is 9.67 Å². The summed E-state index contributed by atoms with van der Waals surface area (Å²) in [4.78, 5) is 27.5. The second-order valence-electron chi connectivity index (χ2n) is 5.69. The van der Waals surface area contributed by atoms with E-state index in [0.29, 0.717) is 10.9 Å². The number of nitrogens with zero attached hydrogens (tertiary/aromatic N) is 2. The molecule has 0 bridgehead atoms. The zero-order valence-electron chi connectivity index (χ0n) is 13.4. The van der Waals surface area contributed by atoms with Crippen molar-refractivity contribution in [3.8, 4) is 0 Å². The van der Waals surface area contributed by atoms with Crippen LogP contribution in [-0.2, 0) is 24.2 Å². The van der Waals surface area contributed by atoms with Gasteiger partial charge in [0.1, 0.15) is 12.4 Å². The van der Waals surface area contributed by atoms with Crippen LogP contribution >= 0.6 is 22.6 Å². The molecular weight excluding hydrogens is 457 g/mol. The first-order chi connectivity index (χ1) is 12.4. The molecule has 3 aromatic rings. The molecule has 0 saturated carbocycles. The summed E-state index contributed by atoms with van der Waals surface area (Å²) in [5.74, 6) is -2.77. The number of fused-ring (bicyclic) bond motifs is 1. The number of carboxylic acids is 1. The Bertz CT molecular complexity index is 1070. The number of benzene rings is 2. The standard InChI is InChI=1S/C18H13F2IN2O3/c19-13-3-1-2-10(17(13)20)4-7-15-22-18(26)12-6-5-11(21)8-14(12)23(15)9-16(24)25/h1-3,5-6,8H,4,7,9H2,(H,24,25). The molecule has 0 atom stereocenters. The highest BCUT2D eigenvalue weighted by Gasteiger charge is 2.15. The number of rotatable bonds is 5. The van der Waals surface area contributed by atoms with Crippen molar-refractivity contribution < 1.29 is 18.7 Å². The fourth-order valence-electron chi connectivity index (χ4n) is 2.78. The molecule has 0 aliphatic carbocycles. The quantitative estimate of drug-likeness (QED) is 0.582. The lowest BCUT2D eigenvalue weighted by Crippen LogP contribution is -2.22. The van der Waals surface area contributed by atoms with Crippen molar-refractivity contribution in [2.24, 2.45) is 0 Å². The number of aromatic nitrogens is 2. The lowest BCUT2D eigenvalue weighted by Gasteiger charge is -2.14. The number of aryl methyl sites for hydroxylation is 2. The van der Waals surface area contributed by atoms with E-state index in [9.17, 15) is 23.5 Å². The molecule has 0 fully saturated rings. The van der Waals surface area contributed by atoms with Crippen LogP contribution in [-0.4, -0.2) is 20.6 Å². The van der Waals surface area contributed by atoms with E-state index in [1.807, 2.05) is 0 Å². The monoisotopic (exact) mass is 470 g/mol. The molecule has 5 nitrogen and oxygen atoms in total. The maximum atomic E-state index is 13.8. The smallest absolute Gasteiger partial charge is 0.323 e. The van der Waals surface area contributed by atoms with Crippen molar-refractivity contribution in [2.75, 3.05) is 0 Å². The van der Waals surface area contributed by atoms with Gasteiger partial charge in [-0.15, -0.1) is 0 Å². The van der Waals surface area contributed by atoms with Gasteiger partial charge in [-0.2, -0.15) is 4.98 Å². The molecule has 1 N–H and O–H groups in total. The number of hydrogen-bond acceptors (Lipinski definition) is 3. The minimum Gasteiger partial charge on any atom is -0.480 e. The van der Waals surface area contributed by atoms with Crippen LogP contribution in [0.25, 0.3) is 10.9 Å².